The van der Waals surface area contributed by atoms with E-state index in [1.165, 1.54) is 0 Å². The van der Waals surface area contributed by atoms with E-state index >= 15 is 0 Å². The number of thioether (sulfide) groups is 1. The third kappa shape index (κ3) is 4.35. The van der Waals surface area contributed by atoms with Crippen LogP contribution in [0.25, 0.3) is 0 Å². The number of benzene rings is 1. The molecule has 18 heavy (non-hydrogen) atoms. The van der Waals surface area contributed by atoms with Crippen molar-refractivity contribution in [2.45, 2.75) is 31.6 Å². The van der Waals surface area contributed by atoms with Gasteiger partial charge >= 0.3 is 0 Å². The molecular formula is C14H22N2OS. The molecule has 1 unspecified atom stereocenters. The standard InChI is InChI=1S/C14H22N2OS/c1-3-7-11(10-15)14(17)16-12-8-5-6-9-13(12)18-4-2/h5-6,8-9,11H,3-4,7,10,15H2,1-2H3,(H,16,17). The lowest BCUT2D eigenvalue weighted by atomic mass is 10.0. The minimum atomic E-state index is -0.0883. The molecule has 0 aliphatic heterocycles. The lowest BCUT2D eigenvalue weighted by Gasteiger charge is -2.15. The Kier molecular flexibility index (Phi) is 6.83. The van der Waals surface area contributed by atoms with Gasteiger partial charge < -0.3 is 11.1 Å². The molecule has 3 N–H and O–H groups in total. The number of nitrogens with two attached hydrogens (primary N) is 1. The van der Waals surface area contributed by atoms with E-state index in [-0.39, 0.29) is 11.8 Å². The molecule has 0 aliphatic carbocycles. The van der Waals surface area contributed by atoms with E-state index < -0.39 is 0 Å². The van der Waals surface area contributed by atoms with Gasteiger partial charge in [0.25, 0.3) is 0 Å². The highest BCUT2D eigenvalue weighted by molar-refractivity contribution is 7.99. The summed E-state index contributed by atoms with van der Waals surface area (Å²) in [6.45, 7) is 4.57. The molecule has 100 valence electrons. The van der Waals surface area contributed by atoms with Crippen LogP contribution in [-0.2, 0) is 4.79 Å². The molecule has 0 aliphatic rings. The molecule has 1 aromatic carbocycles. The van der Waals surface area contributed by atoms with Crippen LogP contribution in [0.2, 0.25) is 0 Å². The van der Waals surface area contributed by atoms with E-state index in [1.54, 1.807) is 11.8 Å². The maximum absolute atomic E-state index is 12.1. The molecule has 0 heterocycles. The summed E-state index contributed by atoms with van der Waals surface area (Å²) in [5.41, 5.74) is 6.54. The van der Waals surface area contributed by atoms with Crippen LogP contribution >= 0.6 is 11.8 Å². The van der Waals surface area contributed by atoms with E-state index in [2.05, 4.69) is 19.2 Å². The van der Waals surface area contributed by atoms with Gasteiger partial charge in [0.1, 0.15) is 0 Å². The van der Waals surface area contributed by atoms with Crippen molar-refractivity contribution in [1.29, 1.82) is 0 Å². The van der Waals surface area contributed by atoms with Gasteiger partial charge in [0, 0.05) is 11.4 Å². The smallest absolute Gasteiger partial charge is 0.228 e. The lowest BCUT2D eigenvalue weighted by Crippen LogP contribution is -2.29. The van der Waals surface area contributed by atoms with Gasteiger partial charge in [-0.3, -0.25) is 4.79 Å². The Hall–Kier alpha value is -1.00. The number of anilines is 1. The Bertz CT molecular complexity index is 382. The lowest BCUT2D eigenvalue weighted by molar-refractivity contribution is -0.119. The zero-order valence-electron chi connectivity index (χ0n) is 11.1. The Morgan fingerprint density at radius 1 is 1.39 bits per heavy atom. The molecule has 1 rings (SSSR count). The summed E-state index contributed by atoms with van der Waals surface area (Å²) in [7, 11) is 0. The van der Waals surface area contributed by atoms with Gasteiger partial charge in [-0.1, -0.05) is 32.4 Å². The molecule has 0 saturated heterocycles. The number of carbonyl (C=O) groups is 1. The summed E-state index contributed by atoms with van der Waals surface area (Å²) in [4.78, 5) is 13.2. The van der Waals surface area contributed by atoms with Gasteiger partial charge in [-0.2, -0.15) is 0 Å². The quantitative estimate of drug-likeness (QED) is 0.746. The summed E-state index contributed by atoms with van der Waals surface area (Å²) in [6.07, 6.45) is 1.81. The second kappa shape index (κ2) is 8.16. The summed E-state index contributed by atoms with van der Waals surface area (Å²) in [5.74, 6) is 0.931. The largest absolute Gasteiger partial charge is 0.330 e. The monoisotopic (exact) mass is 266 g/mol. The van der Waals surface area contributed by atoms with Crippen LogP contribution < -0.4 is 11.1 Å². The number of rotatable bonds is 7. The number of amides is 1. The first-order valence-electron chi connectivity index (χ1n) is 6.45. The van der Waals surface area contributed by atoms with Crippen LogP contribution in [-0.4, -0.2) is 18.2 Å². The molecule has 1 amide bonds. The SMILES string of the molecule is CCCC(CN)C(=O)Nc1ccccc1SCC. The Labute approximate surface area is 114 Å². The average molecular weight is 266 g/mol. The van der Waals surface area contributed by atoms with Gasteiger partial charge in [-0.25, -0.2) is 0 Å². The predicted octanol–water partition coefficient (Wildman–Crippen LogP) is 3.11. The molecule has 4 heteroatoms. The minimum Gasteiger partial charge on any atom is -0.330 e. The zero-order chi connectivity index (χ0) is 13.4. The van der Waals surface area contributed by atoms with Crippen molar-refractivity contribution in [3.05, 3.63) is 24.3 Å². The van der Waals surface area contributed by atoms with Crippen molar-refractivity contribution in [1.82, 2.24) is 0 Å². The fraction of sp³-hybridized carbons (Fsp3) is 0.500. The van der Waals surface area contributed by atoms with Crippen LogP contribution in [0.1, 0.15) is 26.7 Å². The maximum atomic E-state index is 12.1. The van der Waals surface area contributed by atoms with Crippen LogP contribution in [0, 0.1) is 5.92 Å². The number of nitrogens with one attached hydrogen (secondary N) is 1. The molecule has 0 aromatic heterocycles. The van der Waals surface area contributed by atoms with Crippen LogP contribution in [0.4, 0.5) is 5.69 Å². The van der Waals surface area contributed by atoms with Gasteiger partial charge in [0.2, 0.25) is 5.91 Å². The van der Waals surface area contributed by atoms with E-state index in [0.717, 1.165) is 29.2 Å². The minimum absolute atomic E-state index is 0.0310. The van der Waals surface area contributed by atoms with E-state index in [0.29, 0.717) is 6.54 Å². The van der Waals surface area contributed by atoms with Crippen molar-refractivity contribution >= 4 is 23.4 Å². The summed E-state index contributed by atoms with van der Waals surface area (Å²) < 4.78 is 0. The predicted molar refractivity (Wildman–Crippen MR) is 78.9 cm³/mol. The van der Waals surface area contributed by atoms with Gasteiger partial charge in [-0.05, 0) is 24.3 Å². The zero-order valence-corrected chi connectivity index (χ0v) is 11.9. The van der Waals surface area contributed by atoms with Crippen LogP contribution in [0.3, 0.4) is 0 Å². The number of carbonyl (C=O) groups excluding carboxylic acids is 1. The summed E-state index contributed by atoms with van der Waals surface area (Å²) in [5, 5.41) is 2.99. The van der Waals surface area contributed by atoms with E-state index in [4.69, 9.17) is 5.73 Å². The second-order valence-corrected chi connectivity index (χ2v) is 5.45. The fourth-order valence-electron chi connectivity index (χ4n) is 1.79. The normalized spacial score (nSPS) is 12.2. The van der Waals surface area contributed by atoms with Crippen LogP contribution in [0.15, 0.2) is 29.2 Å². The topological polar surface area (TPSA) is 55.1 Å². The third-order valence-corrected chi connectivity index (χ3v) is 3.69. The van der Waals surface area contributed by atoms with E-state index in [1.807, 2.05) is 24.3 Å². The average Bonchev–Trinajstić information content (AvgIpc) is 2.38. The molecule has 0 fully saturated rings. The first-order chi connectivity index (χ1) is 8.72. The van der Waals surface area contributed by atoms with Gasteiger partial charge in [0.05, 0.1) is 11.6 Å². The number of hydrogen-bond donors (Lipinski definition) is 2. The fourth-order valence-corrected chi connectivity index (χ4v) is 2.55. The molecule has 1 aromatic rings. The van der Waals surface area contributed by atoms with Gasteiger partial charge in [0.15, 0.2) is 0 Å². The van der Waals surface area contributed by atoms with Crippen molar-refractivity contribution < 1.29 is 4.79 Å². The van der Waals surface area contributed by atoms with Crippen molar-refractivity contribution in [3.63, 3.8) is 0 Å². The molecule has 0 spiro atoms. The molecule has 0 radical (unpaired) electrons. The summed E-state index contributed by atoms with van der Waals surface area (Å²) >= 11 is 1.73. The third-order valence-electron chi connectivity index (χ3n) is 2.74. The van der Waals surface area contributed by atoms with E-state index in [9.17, 15) is 4.79 Å². The van der Waals surface area contributed by atoms with Crippen LogP contribution in [0.5, 0.6) is 0 Å². The second-order valence-electron chi connectivity index (χ2n) is 4.14. The first kappa shape index (κ1) is 15.1. The van der Waals surface area contributed by atoms with Crippen molar-refractivity contribution in [2.75, 3.05) is 17.6 Å². The Balaban J connectivity index is 2.74. The first-order valence-corrected chi connectivity index (χ1v) is 7.44. The highest BCUT2D eigenvalue weighted by Crippen LogP contribution is 2.27. The molecular weight excluding hydrogens is 244 g/mol. The molecule has 3 nitrogen and oxygen atoms in total. The number of para-hydroxylation sites is 1. The molecule has 0 saturated carbocycles. The molecule has 0 bridgehead atoms. The number of hydrogen-bond acceptors (Lipinski definition) is 3. The maximum Gasteiger partial charge on any atom is 0.228 e. The highest BCUT2D eigenvalue weighted by atomic mass is 32.2. The van der Waals surface area contributed by atoms with Crippen molar-refractivity contribution in [2.24, 2.45) is 11.7 Å². The Morgan fingerprint density at radius 2 is 2.11 bits per heavy atom. The summed E-state index contributed by atoms with van der Waals surface area (Å²) in [6, 6.07) is 7.89. The Morgan fingerprint density at radius 3 is 2.72 bits per heavy atom. The highest BCUT2D eigenvalue weighted by Gasteiger charge is 2.16. The van der Waals surface area contributed by atoms with Crippen molar-refractivity contribution in [3.8, 4) is 0 Å². The van der Waals surface area contributed by atoms with Gasteiger partial charge in [-0.15, -0.1) is 11.8 Å². The molecule has 1 atom stereocenters.